The van der Waals surface area contributed by atoms with Crippen LogP contribution in [0.25, 0.3) is 0 Å². The van der Waals surface area contributed by atoms with Crippen molar-refractivity contribution in [3.8, 4) is 23.0 Å². The molecular formula is C33H42N2O4. The molecule has 1 fully saturated rings. The lowest BCUT2D eigenvalue weighted by Crippen LogP contribution is -2.26. The first kappa shape index (κ1) is 27.2. The molecule has 1 unspecified atom stereocenters. The quantitative estimate of drug-likeness (QED) is 0.302. The summed E-state index contributed by atoms with van der Waals surface area (Å²) in [4.78, 5) is 4.81. The van der Waals surface area contributed by atoms with Crippen LogP contribution in [0.1, 0.15) is 54.4 Å². The zero-order valence-electron chi connectivity index (χ0n) is 23.8. The van der Waals surface area contributed by atoms with E-state index in [1.54, 1.807) is 20.3 Å². The summed E-state index contributed by atoms with van der Waals surface area (Å²) in [5.41, 5.74) is 6.28. The molecule has 3 aromatic carbocycles. The fourth-order valence-electron chi connectivity index (χ4n) is 5.78. The van der Waals surface area contributed by atoms with Crippen molar-refractivity contribution in [1.82, 2.24) is 4.90 Å². The maximum Gasteiger partial charge on any atom is 0.162 e. The molecular weight excluding hydrogens is 488 g/mol. The summed E-state index contributed by atoms with van der Waals surface area (Å²) in [6, 6.07) is 19.4. The standard InChI is InChI=1S/C33H42N2O4/c1-5-35(22-23-6-14-29(15-7-23)39-17-16-34(2)27-11-12-27)31-21-33(38-4)32(37-3)20-30(31)26-9-8-25-19-28(36)13-10-24(25)18-26/h6-7,10,13-15,19-21,26-27,36H,5,8-9,11-12,16-18,22H2,1-4H3. The maximum atomic E-state index is 9.94. The molecule has 208 valence electrons. The van der Waals surface area contributed by atoms with Crippen LogP contribution < -0.4 is 19.1 Å². The minimum Gasteiger partial charge on any atom is -0.508 e. The Morgan fingerprint density at radius 1 is 0.897 bits per heavy atom. The lowest BCUT2D eigenvalue weighted by atomic mass is 9.79. The number of rotatable bonds is 12. The molecule has 0 bridgehead atoms. The summed E-state index contributed by atoms with van der Waals surface area (Å²) < 4.78 is 17.5. The first-order valence-corrected chi connectivity index (χ1v) is 14.2. The van der Waals surface area contributed by atoms with E-state index in [2.05, 4.69) is 66.2 Å². The van der Waals surface area contributed by atoms with Crippen molar-refractivity contribution in [1.29, 1.82) is 0 Å². The number of benzene rings is 3. The van der Waals surface area contributed by atoms with Gasteiger partial charge in [0.25, 0.3) is 0 Å². The Bertz CT molecular complexity index is 1260. The smallest absolute Gasteiger partial charge is 0.162 e. The van der Waals surface area contributed by atoms with Crippen LogP contribution in [0.4, 0.5) is 5.69 Å². The highest BCUT2D eigenvalue weighted by Gasteiger charge is 2.27. The molecule has 2 aliphatic rings. The fraction of sp³-hybridized carbons (Fsp3) is 0.455. The van der Waals surface area contributed by atoms with Crippen molar-refractivity contribution < 1.29 is 19.3 Å². The SMILES string of the molecule is CCN(Cc1ccc(OCCN(C)C2CC2)cc1)c1cc(OC)c(OC)cc1C1CCc2cc(O)ccc2C1. The Balaban J connectivity index is 1.34. The van der Waals surface area contributed by atoms with Gasteiger partial charge in [-0.25, -0.2) is 0 Å². The summed E-state index contributed by atoms with van der Waals surface area (Å²) >= 11 is 0. The minimum atomic E-state index is 0.346. The topological polar surface area (TPSA) is 54.4 Å². The Labute approximate surface area is 233 Å². The van der Waals surface area contributed by atoms with Gasteiger partial charge in [0.15, 0.2) is 11.5 Å². The number of aryl methyl sites for hydroxylation is 1. The number of nitrogens with zero attached hydrogens (tertiary/aromatic N) is 2. The van der Waals surface area contributed by atoms with Crippen LogP contribution in [-0.4, -0.2) is 57.0 Å². The third-order valence-electron chi connectivity index (χ3n) is 8.29. The summed E-state index contributed by atoms with van der Waals surface area (Å²) in [5.74, 6) is 3.13. The number of phenols is 1. The van der Waals surface area contributed by atoms with E-state index in [9.17, 15) is 5.11 Å². The monoisotopic (exact) mass is 530 g/mol. The number of ether oxygens (including phenoxy) is 3. The number of phenolic OH excluding ortho intramolecular Hbond substituents is 1. The number of aromatic hydroxyl groups is 1. The van der Waals surface area contributed by atoms with Crippen LogP contribution in [-0.2, 0) is 19.4 Å². The van der Waals surface area contributed by atoms with Gasteiger partial charge in [0.05, 0.1) is 14.2 Å². The van der Waals surface area contributed by atoms with Gasteiger partial charge in [0.1, 0.15) is 18.1 Å². The van der Waals surface area contributed by atoms with Crippen molar-refractivity contribution in [2.24, 2.45) is 0 Å². The van der Waals surface area contributed by atoms with Gasteiger partial charge in [-0.15, -0.1) is 0 Å². The zero-order chi connectivity index (χ0) is 27.4. The third kappa shape index (κ3) is 6.44. The van der Waals surface area contributed by atoms with Crippen LogP contribution >= 0.6 is 0 Å². The molecule has 5 rings (SSSR count). The van der Waals surface area contributed by atoms with Crippen LogP contribution in [0.15, 0.2) is 54.6 Å². The maximum absolute atomic E-state index is 9.94. The predicted octanol–water partition coefficient (Wildman–Crippen LogP) is 6.18. The second-order valence-electron chi connectivity index (χ2n) is 10.9. The van der Waals surface area contributed by atoms with Crippen LogP contribution in [0, 0.1) is 0 Å². The second-order valence-corrected chi connectivity index (χ2v) is 10.9. The molecule has 39 heavy (non-hydrogen) atoms. The normalized spacial score (nSPS) is 16.6. The number of anilines is 1. The van der Waals surface area contributed by atoms with E-state index in [0.717, 1.165) is 62.2 Å². The summed E-state index contributed by atoms with van der Waals surface area (Å²) in [5, 5.41) is 9.94. The lowest BCUT2D eigenvalue weighted by molar-refractivity contribution is 0.232. The average molecular weight is 531 g/mol. The molecule has 0 aromatic heterocycles. The Morgan fingerprint density at radius 2 is 1.64 bits per heavy atom. The van der Waals surface area contributed by atoms with E-state index in [1.165, 1.54) is 40.8 Å². The van der Waals surface area contributed by atoms with Gasteiger partial charge in [0, 0.05) is 37.4 Å². The van der Waals surface area contributed by atoms with E-state index in [0.29, 0.717) is 18.3 Å². The molecule has 1 saturated carbocycles. The van der Waals surface area contributed by atoms with Gasteiger partial charge in [-0.05, 0) is 105 Å². The molecule has 0 spiro atoms. The summed E-state index contributed by atoms with van der Waals surface area (Å²) in [6.45, 7) is 5.54. The lowest BCUT2D eigenvalue weighted by Gasteiger charge is -2.32. The number of fused-ring (bicyclic) bond motifs is 1. The van der Waals surface area contributed by atoms with Crippen LogP contribution in [0.3, 0.4) is 0 Å². The second kappa shape index (κ2) is 12.2. The largest absolute Gasteiger partial charge is 0.508 e. The molecule has 6 heteroatoms. The molecule has 0 amide bonds. The Kier molecular flexibility index (Phi) is 8.51. The molecule has 0 heterocycles. The van der Waals surface area contributed by atoms with Crippen molar-refractivity contribution in [3.05, 3.63) is 76.9 Å². The zero-order valence-corrected chi connectivity index (χ0v) is 23.8. The number of hydrogen-bond donors (Lipinski definition) is 1. The number of methoxy groups -OCH3 is 2. The van der Waals surface area contributed by atoms with E-state index in [-0.39, 0.29) is 0 Å². The van der Waals surface area contributed by atoms with Gasteiger partial charge >= 0.3 is 0 Å². The average Bonchev–Trinajstić information content (AvgIpc) is 3.81. The molecule has 2 aliphatic carbocycles. The van der Waals surface area contributed by atoms with Crippen LogP contribution in [0.5, 0.6) is 23.0 Å². The van der Waals surface area contributed by atoms with Crippen molar-refractivity contribution in [2.45, 2.75) is 57.5 Å². The van der Waals surface area contributed by atoms with E-state index < -0.39 is 0 Å². The molecule has 0 aliphatic heterocycles. The molecule has 3 aromatic rings. The Morgan fingerprint density at radius 3 is 2.33 bits per heavy atom. The molecule has 0 radical (unpaired) electrons. The van der Waals surface area contributed by atoms with Crippen molar-refractivity contribution in [3.63, 3.8) is 0 Å². The minimum absolute atomic E-state index is 0.346. The van der Waals surface area contributed by atoms with Gasteiger partial charge in [-0.1, -0.05) is 18.2 Å². The van der Waals surface area contributed by atoms with E-state index >= 15 is 0 Å². The highest BCUT2D eigenvalue weighted by molar-refractivity contribution is 5.64. The van der Waals surface area contributed by atoms with Gasteiger partial charge in [-0.2, -0.15) is 0 Å². The van der Waals surface area contributed by atoms with Gasteiger partial charge in [0.2, 0.25) is 0 Å². The molecule has 0 saturated heterocycles. The summed E-state index contributed by atoms with van der Waals surface area (Å²) in [7, 11) is 5.58. The van der Waals surface area contributed by atoms with Crippen molar-refractivity contribution >= 4 is 5.69 Å². The first-order valence-electron chi connectivity index (χ1n) is 14.2. The predicted molar refractivity (Wildman–Crippen MR) is 157 cm³/mol. The number of likely N-dealkylation sites (N-methyl/N-ethyl adjacent to an activating group) is 1. The van der Waals surface area contributed by atoms with Crippen LogP contribution in [0.2, 0.25) is 0 Å². The van der Waals surface area contributed by atoms with E-state index in [4.69, 9.17) is 14.2 Å². The highest BCUT2D eigenvalue weighted by atomic mass is 16.5. The fourth-order valence-corrected chi connectivity index (χ4v) is 5.78. The Hall–Kier alpha value is -3.38. The third-order valence-corrected chi connectivity index (χ3v) is 8.29. The molecule has 1 N–H and O–H groups in total. The van der Waals surface area contributed by atoms with E-state index in [1.807, 2.05) is 6.07 Å². The summed E-state index contributed by atoms with van der Waals surface area (Å²) in [6.07, 6.45) is 5.56. The van der Waals surface area contributed by atoms with Crippen molar-refractivity contribution in [2.75, 3.05) is 45.9 Å². The molecule has 6 nitrogen and oxygen atoms in total. The highest BCUT2D eigenvalue weighted by Crippen LogP contribution is 2.43. The molecule has 1 atom stereocenters. The first-order chi connectivity index (χ1) is 19.0. The van der Waals surface area contributed by atoms with Gasteiger partial charge in [-0.3, -0.25) is 0 Å². The van der Waals surface area contributed by atoms with Gasteiger partial charge < -0.3 is 29.1 Å². The number of hydrogen-bond acceptors (Lipinski definition) is 6.